The van der Waals surface area contributed by atoms with Crippen LogP contribution < -0.4 is 15.8 Å². The Hall–Kier alpha value is -3.49. The first-order valence-electron chi connectivity index (χ1n) is 7.93. The number of halogens is 2. The molecule has 9 heteroatoms. The van der Waals surface area contributed by atoms with Gasteiger partial charge in [-0.1, -0.05) is 6.07 Å². The summed E-state index contributed by atoms with van der Waals surface area (Å²) >= 11 is 0. The lowest BCUT2D eigenvalue weighted by Crippen LogP contribution is -2.35. The fourth-order valence-corrected chi connectivity index (χ4v) is 2.79. The van der Waals surface area contributed by atoms with E-state index in [-0.39, 0.29) is 29.0 Å². The third-order valence-electron chi connectivity index (χ3n) is 4.01. The SMILES string of the molecule is CN(C)c1c(C(=O)NCc2ccc(F)cc2F)c(=O)n(O)c2ncccc12. The molecule has 1 aromatic carbocycles. The van der Waals surface area contributed by atoms with Crippen molar-refractivity contribution in [3.05, 3.63) is 69.6 Å². The molecule has 0 radical (unpaired) electrons. The van der Waals surface area contributed by atoms with Crippen LogP contribution in [0.3, 0.4) is 0 Å². The fourth-order valence-electron chi connectivity index (χ4n) is 2.79. The molecule has 0 bridgehead atoms. The first-order chi connectivity index (χ1) is 12.8. The number of hydrogen-bond acceptors (Lipinski definition) is 5. The average Bonchev–Trinajstić information content (AvgIpc) is 2.63. The van der Waals surface area contributed by atoms with Crippen molar-refractivity contribution < 1.29 is 18.8 Å². The second kappa shape index (κ2) is 7.02. The van der Waals surface area contributed by atoms with E-state index in [1.165, 1.54) is 12.3 Å². The Balaban J connectivity index is 2.05. The third-order valence-corrected chi connectivity index (χ3v) is 4.01. The molecule has 27 heavy (non-hydrogen) atoms. The highest BCUT2D eigenvalue weighted by Gasteiger charge is 2.24. The van der Waals surface area contributed by atoms with Crippen LogP contribution in [-0.4, -0.2) is 34.9 Å². The van der Waals surface area contributed by atoms with Crippen LogP contribution in [0.2, 0.25) is 0 Å². The number of carbonyl (C=O) groups excluding carboxylic acids is 1. The Labute approximate surface area is 152 Å². The van der Waals surface area contributed by atoms with Crippen LogP contribution in [0.25, 0.3) is 11.0 Å². The van der Waals surface area contributed by atoms with Crippen LogP contribution in [0.5, 0.6) is 0 Å². The lowest BCUT2D eigenvalue weighted by atomic mass is 10.1. The molecular weight excluding hydrogens is 358 g/mol. The quantitative estimate of drug-likeness (QED) is 0.681. The van der Waals surface area contributed by atoms with E-state index in [9.17, 15) is 23.6 Å². The van der Waals surface area contributed by atoms with Crippen molar-refractivity contribution in [1.29, 1.82) is 0 Å². The average molecular weight is 374 g/mol. The second-order valence-electron chi connectivity index (χ2n) is 6.03. The first-order valence-corrected chi connectivity index (χ1v) is 7.93. The predicted molar refractivity (Wildman–Crippen MR) is 95.0 cm³/mol. The van der Waals surface area contributed by atoms with Crippen molar-refractivity contribution in [1.82, 2.24) is 15.0 Å². The van der Waals surface area contributed by atoms with E-state index < -0.39 is 23.1 Å². The van der Waals surface area contributed by atoms with Gasteiger partial charge in [0, 0.05) is 43.9 Å². The minimum atomic E-state index is -0.957. The molecule has 0 aliphatic carbocycles. The summed E-state index contributed by atoms with van der Waals surface area (Å²) in [5.74, 6) is -2.35. The maximum absolute atomic E-state index is 13.7. The van der Waals surface area contributed by atoms with Crippen molar-refractivity contribution in [2.75, 3.05) is 19.0 Å². The fraction of sp³-hybridized carbons (Fsp3) is 0.167. The van der Waals surface area contributed by atoms with E-state index in [4.69, 9.17) is 0 Å². The van der Waals surface area contributed by atoms with E-state index in [0.29, 0.717) is 16.2 Å². The molecule has 0 spiro atoms. The van der Waals surface area contributed by atoms with Gasteiger partial charge < -0.3 is 15.4 Å². The highest BCUT2D eigenvalue weighted by molar-refractivity contribution is 6.06. The molecule has 0 saturated carbocycles. The summed E-state index contributed by atoms with van der Waals surface area (Å²) in [5, 5.41) is 12.9. The molecule has 1 amide bonds. The van der Waals surface area contributed by atoms with E-state index in [1.807, 2.05) is 0 Å². The van der Waals surface area contributed by atoms with Gasteiger partial charge in [0.25, 0.3) is 11.5 Å². The number of nitrogens with one attached hydrogen (secondary N) is 1. The normalized spacial score (nSPS) is 10.8. The van der Waals surface area contributed by atoms with Gasteiger partial charge >= 0.3 is 0 Å². The van der Waals surface area contributed by atoms with Crippen LogP contribution in [0.4, 0.5) is 14.5 Å². The molecule has 0 aliphatic rings. The molecule has 2 aromatic heterocycles. The highest BCUT2D eigenvalue weighted by atomic mass is 19.1. The van der Waals surface area contributed by atoms with Gasteiger partial charge in [0.15, 0.2) is 5.65 Å². The number of carbonyl (C=O) groups is 1. The van der Waals surface area contributed by atoms with Crippen molar-refractivity contribution in [3.8, 4) is 0 Å². The molecule has 7 nitrogen and oxygen atoms in total. The Kier molecular flexibility index (Phi) is 4.76. The highest BCUT2D eigenvalue weighted by Crippen LogP contribution is 2.26. The molecular formula is C18H16F2N4O3. The molecule has 0 aliphatic heterocycles. The zero-order valence-corrected chi connectivity index (χ0v) is 14.5. The number of benzene rings is 1. The molecule has 3 rings (SSSR count). The van der Waals surface area contributed by atoms with Gasteiger partial charge in [-0.15, -0.1) is 4.73 Å². The van der Waals surface area contributed by atoms with Crippen molar-refractivity contribution in [2.45, 2.75) is 6.54 Å². The molecule has 140 valence electrons. The van der Waals surface area contributed by atoms with Crippen molar-refractivity contribution >= 4 is 22.6 Å². The zero-order valence-electron chi connectivity index (χ0n) is 14.5. The van der Waals surface area contributed by atoms with Crippen LogP contribution in [0.1, 0.15) is 15.9 Å². The van der Waals surface area contributed by atoms with Crippen LogP contribution in [-0.2, 0) is 6.54 Å². The Morgan fingerprint density at radius 1 is 1.30 bits per heavy atom. The largest absolute Gasteiger partial charge is 0.423 e. The number of amides is 1. The second-order valence-corrected chi connectivity index (χ2v) is 6.03. The van der Waals surface area contributed by atoms with Crippen LogP contribution >= 0.6 is 0 Å². The van der Waals surface area contributed by atoms with Gasteiger partial charge in [-0.3, -0.25) is 9.59 Å². The summed E-state index contributed by atoms with van der Waals surface area (Å²) in [6, 6.07) is 6.19. The summed E-state index contributed by atoms with van der Waals surface area (Å²) in [4.78, 5) is 30.7. The van der Waals surface area contributed by atoms with E-state index in [1.54, 1.807) is 31.1 Å². The Morgan fingerprint density at radius 2 is 2.04 bits per heavy atom. The van der Waals surface area contributed by atoms with E-state index in [0.717, 1.165) is 6.07 Å². The van der Waals surface area contributed by atoms with Crippen LogP contribution in [0, 0.1) is 11.6 Å². The van der Waals surface area contributed by atoms with Gasteiger partial charge in [0.1, 0.15) is 17.2 Å². The predicted octanol–water partition coefficient (Wildman–Crippen LogP) is 1.91. The van der Waals surface area contributed by atoms with Crippen LogP contribution in [0.15, 0.2) is 41.3 Å². The lowest BCUT2D eigenvalue weighted by Gasteiger charge is -2.19. The maximum atomic E-state index is 13.7. The number of anilines is 1. The summed E-state index contributed by atoms with van der Waals surface area (Å²) < 4.78 is 27.0. The zero-order chi connectivity index (χ0) is 19.7. The number of aromatic nitrogens is 2. The topological polar surface area (TPSA) is 87.5 Å². The number of rotatable bonds is 4. The van der Waals surface area contributed by atoms with Gasteiger partial charge in [-0.05, 0) is 18.2 Å². The van der Waals surface area contributed by atoms with Gasteiger partial charge in [0.2, 0.25) is 0 Å². The molecule has 2 heterocycles. The smallest absolute Gasteiger partial charge is 0.299 e. The number of pyridine rings is 2. The first kappa shape index (κ1) is 18.3. The maximum Gasteiger partial charge on any atom is 0.299 e. The minimum Gasteiger partial charge on any atom is -0.423 e. The minimum absolute atomic E-state index is 0.00679. The lowest BCUT2D eigenvalue weighted by molar-refractivity contribution is 0.0944. The van der Waals surface area contributed by atoms with Gasteiger partial charge in [0.05, 0.1) is 5.69 Å². The molecule has 3 aromatic rings. The molecule has 0 saturated heterocycles. The third kappa shape index (κ3) is 3.31. The summed E-state index contributed by atoms with van der Waals surface area (Å²) in [5.41, 5.74) is -0.937. The molecule has 2 N–H and O–H groups in total. The monoisotopic (exact) mass is 374 g/mol. The van der Waals surface area contributed by atoms with Crippen molar-refractivity contribution in [3.63, 3.8) is 0 Å². The summed E-state index contributed by atoms with van der Waals surface area (Å²) in [6.07, 6.45) is 1.41. The number of fused-ring (bicyclic) bond motifs is 1. The number of nitrogens with zero attached hydrogens (tertiary/aromatic N) is 3. The standard InChI is InChI=1S/C18H16F2N4O3/c1-23(2)15-12-4-3-7-21-16(12)24(27)18(26)14(15)17(25)22-9-10-5-6-11(19)8-13(10)20/h3-8,27H,9H2,1-2H3,(H,22,25). The van der Waals surface area contributed by atoms with Crippen molar-refractivity contribution in [2.24, 2.45) is 0 Å². The summed E-state index contributed by atoms with van der Waals surface area (Å²) in [7, 11) is 3.28. The molecule has 0 unspecified atom stereocenters. The Morgan fingerprint density at radius 3 is 2.70 bits per heavy atom. The van der Waals surface area contributed by atoms with E-state index in [2.05, 4.69) is 10.3 Å². The molecule has 0 atom stereocenters. The Bertz CT molecular complexity index is 1100. The molecule has 0 fully saturated rings. The van der Waals surface area contributed by atoms with E-state index >= 15 is 0 Å². The summed E-state index contributed by atoms with van der Waals surface area (Å²) in [6.45, 7) is -0.256. The van der Waals surface area contributed by atoms with Gasteiger partial charge in [-0.25, -0.2) is 13.8 Å². The van der Waals surface area contributed by atoms with Gasteiger partial charge in [-0.2, -0.15) is 0 Å². The number of hydrogen-bond donors (Lipinski definition) is 2.